The summed E-state index contributed by atoms with van der Waals surface area (Å²) in [6.07, 6.45) is -0.304. The number of halogens is 1. The Morgan fingerprint density at radius 3 is 2.48 bits per heavy atom. The van der Waals surface area contributed by atoms with E-state index in [1.165, 1.54) is 6.92 Å². The lowest BCUT2D eigenvalue weighted by Crippen LogP contribution is -2.31. The van der Waals surface area contributed by atoms with Crippen LogP contribution in [0.5, 0.6) is 5.75 Å². The fraction of sp³-hybridized carbons (Fsp3) is 0.167. The van der Waals surface area contributed by atoms with E-state index >= 15 is 0 Å². The summed E-state index contributed by atoms with van der Waals surface area (Å²) in [5, 5.41) is 2.97. The maximum absolute atomic E-state index is 12.0. The topological polar surface area (TPSA) is 81.7 Å². The number of esters is 1. The third-order valence-electron chi connectivity index (χ3n) is 3.18. The van der Waals surface area contributed by atoms with Gasteiger partial charge in [0.1, 0.15) is 12.0 Å². The number of hydrogen-bond acceptors (Lipinski definition) is 5. The van der Waals surface area contributed by atoms with E-state index in [2.05, 4.69) is 5.32 Å². The Bertz CT molecular complexity index is 760. The van der Waals surface area contributed by atoms with Crippen molar-refractivity contribution in [2.45, 2.75) is 13.0 Å². The molecule has 0 saturated carbocycles. The van der Waals surface area contributed by atoms with E-state index < -0.39 is 18.0 Å². The van der Waals surface area contributed by atoms with Crippen LogP contribution in [0.3, 0.4) is 0 Å². The van der Waals surface area contributed by atoms with Crippen LogP contribution in [0.15, 0.2) is 48.5 Å². The Morgan fingerprint density at radius 2 is 1.84 bits per heavy atom. The Kier molecular flexibility index (Phi) is 6.54. The molecule has 2 aromatic rings. The monoisotopic (exact) mass is 361 g/mol. The molecule has 25 heavy (non-hydrogen) atoms. The van der Waals surface area contributed by atoms with E-state index in [1.54, 1.807) is 48.5 Å². The third kappa shape index (κ3) is 5.61. The van der Waals surface area contributed by atoms with E-state index in [0.717, 1.165) is 0 Å². The Labute approximate surface area is 149 Å². The van der Waals surface area contributed by atoms with Crippen LogP contribution < -0.4 is 10.1 Å². The summed E-state index contributed by atoms with van der Waals surface area (Å²) in [5.41, 5.74) is 0.934. The second-order valence-electron chi connectivity index (χ2n) is 5.08. The smallest absolute Gasteiger partial charge is 0.344 e. The van der Waals surface area contributed by atoms with Crippen molar-refractivity contribution in [2.24, 2.45) is 0 Å². The van der Waals surface area contributed by atoms with Crippen molar-refractivity contribution >= 4 is 35.5 Å². The van der Waals surface area contributed by atoms with Gasteiger partial charge in [-0.25, -0.2) is 4.79 Å². The van der Waals surface area contributed by atoms with E-state index in [-0.39, 0.29) is 6.61 Å². The molecule has 0 aromatic heterocycles. The molecule has 0 heterocycles. The number of para-hydroxylation sites is 1. The molecule has 0 saturated heterocycles. The minimum absolute atomic E-state index is 0.357. The molecule has 0 bridgehead atoms. The molecule has 2 rings (SSSR count). The predicted molar refractivity (Wildman–Crippen MR) is 93.0 cm³/mol. The molecule has 6 nitrogen and oxygen atoms in total. The zero-order valence-corrected chi connectivity index (χ0v) is 14.2. The van der Waals surface area contributed by atoms with Gasteiger partial charge in [-0.1, -0.05) is 23.7 Å². The molecule has 1 amide bonds. The quantitative estimate of drug-likeness (QED) is 0.605. The summed E-state index contributed by atoms with van der Waals surface area (Å²) in [6, 6.07) is 13.0. The van der Waals surface area contributed by atoms with Crippen molar-refractivity contribution in [2.75, 3.05) is 11.9 Å². The molecule has 130 valence electrons. The Hall–Kier alpha value is -2.86. The third-order valence-corrected chi connectivity index (χ3v) is 3.51. The number of carbonyl (C=O) groups excluding carboxylic acids is 3. The highest BCUT2D eigenvalue weighted by Crippen LogP contribution is 2.20. The fourth-order valence-electron chi connectivity index (χ4n) is 1.87. The number of benzene rings is 2. The number of rotatable bonds is 7. The Morgan fingerprint density at radius 1 is 1.16 bits per heavy atom. The maximum atomic E-state index is 12.0. The van der Waals surface area contributed by atoms with E-state index in [0.29, 0.717) is 28.3 Å². The second-order valence-corrected chi connectivity index (χ2v) is 5.48. The van der Waals surface area contributed by atoms with Gasteiger partial charge in [-0.3, -0.25) is 9.59 Å². The van der Waals surface area contributed by atoms with Gasteiger partial charge >= 0.3 is 5.97 Å². The first-order chi connectivity index (χ1) is 12.0. The van der Waals surface area contributed by atoms with Crippen LogP contribution in [0.1, 0.15) is 17.3 Å². The Balaban J connectivity index is 1.81. The van der Waals surface area contributed by atoms with Crippen LogP contribution in [0, 0.1) is 0 Å². The molecular weight excluding hydrogens is 346 g/mol. The van der Waals surface area contributed by atoms with E-state index in [4.69, 9.17) is 21.1 Å². The minimum atomic E-state index is -1.01. The lowest BCUT2D eigenvalue weighted by molar-refractivity contribution is -0.155. The summed E-state index contributed by atoms with van der Waals surface area (Å²) in [6.45, 7) is 1.09. The van der Waals surface area contributed by atoms with Crippen LogP contribution in [0.4, 0.5) is 5.69 Å². The van der Waals surface area contributed by atoms with Gasteiger partial charge in [-0.2, -0.15) is 0 Å². The SMILES string of the molecule is C[C@@H](OC(=O)COc1ccc(C=O)cc1)C(=O)Nc1ccccc1Cl. The highest BCUT2D eigenvalue weighted by molar-refractivity contribution is 6.33. The standard InChI is InChI=1S/C18H16ClNO5/c1-12(18(23)20-16-5-3-2-4-15(16)19)25-17(22)11-24-14-8-6-13(10-21)7-9-14/h2-10,12H,11H2,1H3,(H,20,23)/t12-/m1/s1. The van der Waals surface area contributed by atoms with E-state index in [1.807, 2.05) is 0 Å². The van der Waals surface area contributed by atoms with Crippen LogP contribution in [0.25, 0.3) is 0 Å². The van der Waals surface area contributed by atoms with Crippen LogP contribution in [-0.4, -0.2) is 30.9 Å². The van der Waals surface area contributed by atoms with Crippen molar-refractivity contribution in [3.63, 3.8) is 0 Å². The van der Waals surface area contributed by atoms with Crippen molar-refractivity contribution in [3.8, 4) is 5.75 Å². The molecule has 0 unspecified atom stereocenters. The first-order valence-corrected chi connectivity index (χ1v) is 7.80. The zero-order valence-electron chi connectivity index (χ0n) is 13.4. The lowest BCUT2D eigenvalue weighted by Gasteiger charge is -2.14. The predicted octanol–water partition coefficient (Wildman–Crippen LogP) is 3.10. The highest BCUT2D eigenvalue weighted by Gasteiger charge is 2.19. The zero-order chi connectivity index (χ0) is 18.2. The van der Waals surface area contributed by atoms with Gasteiger partial charge in [0.05, 0.1) is 10.7 Å². The molecule has 2 aromatic carbocycles. The number of amides is 1. The number of nitrogens with one attached hydrogen (secondary N) is 1. The molecule has 7 heteroatoms. The summed E-state index contributed by atoms with van der Waals surface area (Å²) >= 11 is 5.95. The average Bonchev–Trinajstić information content (AvgIpc) is 2.62. The summed E-state index contributed by atoms with van der Waals surface area (Å²) in [5.74, 6) is -0.784. The van der Waals surface area contributed by atoms with Crippen LogP contribution in [-0.2, 0) is 14.3 Å². The lowest BCUT2D eigenvalue weighted by atomic mass is 10.2. The number of hydrogen-bond donors (Lipinski definition) is 1. The van der Waals surface area contributed by atoms with Gasteiger partial charge in [-0.15, -0.1) is 0 Å². The molecule has 0 aliphatic rings. The second kappa shape index (κ2) is 8.84. The molecule has 1 N–H and O–H groups in total. The van der Waals surface area contributed by atoms with Crippen LogP contribution in [0.2, 0.25) is 5.02 Å². The first kappa shape index (κ1) is 18.5. The van der Waals surface area contributed by atoms with Gasteiger partial charge in [0.25, 0.3) is 5.91 Å². The maximum Gasteiger partial charge on any atom is 0.344 e. The largest absolute Gasteiger partial charge is 0.482 e. The van der Waals surface area contributed by atoms with Crippen molar-refractivity contribution < 1.29 is 23.9 Å². The van der Waals surface area contributed by atoms with Gasteiger partial charge in [-0.05, 0) is 43.3 Å². The molecule has 0 fully saturated rings. The van der Waals surface area contributed by atoms with Crippen LogP contribution >= 0.6 is 11.6 Å². The van der Waals surface area contributed by atoms with E-state index in [9.17, 15) is 14.4 Å². The average molecular weight is 362 g/mol. The summed E-state index contributed by atoms with van der Waals surface area (Å²) in [4.78, 5) is 34.3. The fourth-order valence-corrected chi connectivity index (χ4v) is 2.05. The van der Waals surface area contributed by atoms with Crippen molar-refractivity contribution in [1.82, 2.24) is 0 Å². The van der Waals surface area contributed by atoms with Crippen molar-refractivity contribution in [3.05, 3.63) is 59.1 Å². The van der Waals surface area contributed by atoms with Crippen molar-refractivity contribution in [1.29, 1.82) is 0 Å². The van der Waals surface area contributed by atoms with Gasteiger partial charge < -0.3 is 14.8 Å². The summed E-state index contributed by atoms with van der Waals surface area (Å²) < 4.78 is 10.3. The van der Waals surface area contributed by atoms with Gasteiger partial charge in [0, 0.05) is 5.56 Å². The number of carbonyl (C=O) groups is 3. The molecular formula is C18H16ClNO5. The number of ether oxygens (including phenoxy) is 2. The highest BCUT2D eigenvalue weighted by atomic mass is 35.5. The molecule has 0 spiro atoms. The van der Waals surface area contributed by atoms with Gasteiger partial charge in [0.15, 0.2) is 12.7 Å². The molecule has 0 aliphatic carbocycles. The molecule has 0 radical (unpaired) electrons. The molecule has 0 aliphatic heterocycles. The first-order valence-electron chi connectivity index (χ1n) is 7.42. The summed E-state index contributed by atoms with van der Waals surface area (Å²) in [7, 11) is 0. The molecule has 1 atom stereocenters. The minimum Gasteiger partial charge on any atom is -0.482 e. The van der Waals surface area contributed by atoms with Gasteiger partial charge in [0.2, 0.25) is 0 Å². The number of aldehydes is 1. The number of anilines is 1. The normalized spacial score (nSPS) is 11.3.